The molecule has 29 heavy (non-hydrogen) atoms. The van der Waals surface area contributed by atoms with E-state index in [0.717, 1.165) is 17.5 Å². The summed E-state index contributed by atoms with van der Waals surface area (Å²) in [6.45, 7) is 10.1. The molecule has 1 fully saturated rings. The van der Waals surface area contributed by atoms with Gasteiger partial charge in [-0.15, -0.1) is 0 Å². The molecular weight excluding hydrogens is 487 g/mol. The highest BCUT2D eigenvalue weighted by Crippen LogP contribution is 2.37. The van der Waals surface area contributed by atoms with Gasteiger partial charge >= 0.3 is 0 Å². The normalized spacial score (nSPS) is 23.1. The van der Waals surface area contributed by atoms with Gasteiger partial charge in [-0.25, -0.2) is 0 Å². The van der Waals surface area contributed by atoms with E-state index in [0.29, 0.717) is 18.1 Å². The smallest absolute Gasteiger partial charge is 0.261 e. The first-order valence-electron chi connectivity index (χ1n) is 10.8. The first-order valence-corrected chi connectivity index (χ1v) is 14.3. The Labute approximate surface area is 191 Å². The summed E-state index contributed by atoms with van der Waals surface area (Å²) in [6, 6.07) is 21.8. The highest BCUT2D eigenvalue weighted by atomic mass is 127. The molecule has 0 saturated carbocycles. The summed E-state index contributed by atoms with van der Waals surface area (Å²) in [6.07, 6.45) is 4.14. The minimum Gasteiger partial charge on any atom is -0.407 e. The standard InChI is InChI=1S/C25H35IO2Si/c1-20-15-16-21(19-26)28-24(20)17-18-27-29(25(2,3)4,22-11-7-5-8-12-22)23-13-9-6-10-14-23/h5-14,20-21,24H,15-19H2,1-4H3/t20-,21-,24+/m1/s1. The second-order valence-corrected chi connectivity index (χ2v) is 14.5. The minimum atomic E-state index is -2.44. The fourth-order valence-electron chi connectivity index (χ4n) is 4.64. The third-order valence-electron chi connectivity index (χ3n) is 6.26. The lowest BCUT2D eigenvalue weighted by atomic mass is 9.92. The molecule has 1 aliphatic rings. The molecule has 1 heterocycles. The van der Waals surface area contributed by atoms with Gasteiger partial charge < -0.3 is 9.16 Å². The number of benzene rings is 2. The molecule has 2 aromatic carbocycles. The summed E-state index contributed by atoms with van der Waals surface area (Å²) in [7, 11) is -2.44. The van der Waals surface area contributed by atoms with E-state index in [1.165, 1.54) is 23.2 Å². The highest BCUT2D eigenvalue weighted by Gasteiger charge is 2.50. The van der Waals surface area contributed by atoms with Crippen LogP contribution in [0.5, 0.6) is 0 Å². The van der Waals surface area contributed by atoms with Crippen molar-refractivity contribution in [3.05, 3.63) is 60.7 Å². The van der Waals surface area contributed by atoms with E-state index in [1.807, 2.05) is 0 Å². The van der Waals surface area contributed by atoms with Crippen LogP contribution in [0, 0.1) is 5.92 Å². The maximum atomic E-state index is 7.04. The van der Waals surface area contributed by atoms with Gasteiger partial charge in [-0.1, -0.05) is 111 Å². The third kappa shape index (κ3) is 5.14. The molecule has 1 aliphatic heterocycles. The van der Waals surface area contributed by atoms with E-state index in [4.69, 9.17) is 9.16 Å². The molecule has 158 valence electrons. The van der Waals surface area contributed by atoms with Crippen LogP contribution in [-0.4, -0.2) is 31.6 Å². The van der Waals surface area contributed by atoms with E-state index < -0.39 is 8.32 Å². The monoisotopic (exact) mass is 522 g/mol. The van der Waals surface area contributed by atoms with Crippen LogP contribution in [0.15, 0.2) is 60.7 Å². The zero-order valence-corrected chi connectivity index (χ0v) is 21.4. The number of ether oxygens (including phenoxy) is 1. The fourth-order valence-corrected chi connectivity index (χ4v) is 9.87. The van der Waals surface area contributed by atoms with Gasteiger partial charge in [0.2, 0.25) is 0 Å². The molecule has 0 aromatic heterocycles. The van der Waals surface area contributed by atoms with Gasteiger partial charge in [-0.05, 0) is 40.6 Å². The van der Waals surface area contributed by atoms with E-state index in [1.54, 1.807) is 0 Å². The van der Waals surface area contributed by atoms with Crippen molar-refractivity contribution in [3.63, 3.8) is 0 Å². The molecule has 0 spiro atoms. The lowest BCUT2D eigenvalue weighted by Crippen LogP contribution is -2.66. The number of hydrogen-bond donors (Lipinski definition) is 0. The predicted molar refractivity (Wildman–Crippen MR) is 134 cm³/mol. The summed E-state index contributed by atoms with van der Waals surface area (Å²) < 4.78 is 14.5. The molecular formula is C25H35IO2Si. The maximum Gasteiger partial charge on any atom is 0.261 e. The van der Waals surface area contributed by atoms with Gasteiger partial charge in [0.05, 0.1) is 12.2 Å². The molecule has 1 saturated heterocycles. The maximum absolute atomic E-state index is 7.04. The Morgan fingerprint density at radius 2 is 1.52 bits per heavy atom. The van der Waals surface area contributed by atoms with Crippen LogP contribution in [0.2, 0.25) is 5.04 Å². The van der Waals surface area contributed by atoms with Crippen molar-refractivity contribution >= 4 is 41.3 Å². The van der Waals surface area contributed by atoms with Crippen LogP contribution in [-0.2, 0) is 9.16 Å². The topological polar surface area (TPSA) is 18.5 Å². The van der Waals surface area contributed by atoms with Crippen molar-refractivity contribution in [3.8, 4) is 0 Å². The summed E-state index contributed by atoms with van der Waals surface area (Å²) in [5.74, 6) is 0.608. The first kappa shape index (κ1) is 23.0. The Hall–Kier alpha value is -0.693. The fraction of sp³-hybridized carbons (Fsp3) is 0.520. The van der Waals surface area contributed by atoms with Crippen LogP contribution in [0.25, 0.3) is 0 Å². The molecule has 3 rings (SSSR count). The predicted octanol–water partition coefficient (Wildman–Crippen LogP) is 5.57. The molecule has 2 nitrogen and oxygen atoms in total. The van der Waals surface area contributed by atoms with Crippen molar-refractivity contribution < 1.29 is 9.16 Å². The quantitative estimate of drug-likeness (QED) is 0.269. The molecule has 0 bridgehead atoms. The van der Waals surface area contributed by atoms with Crippen LogP contribution in [0.4, 0.5) is 0 Å². The summed E-state index contributed by atoms with van der Waals surface area (Å²) in [5.41, 5.74) is 0. The van der Waals surface area contributed by atoms with E-state index >= 15 is 0 Å². The molecule has 2 aromatic rings. The van der Waals surface area contributed by atoms with Gasteiger partial charge in [0.1, 0.15) is 0 Å². The molecule has 0 radical (unpaired) electrons. The van der Waals surface area contributed by atoms with Gasteiger partial charge in [0.25, 0.3) is 8.32 Å². The van der Waals surface area contributed by atoms with Gasteiger partial charge in [-0.3, -0.25) is 0 Å². The molecule has 0 aliphatic carbocycles. The van der Waals surface area contributed by atoms with Crippen LogP contribution in [0.3, 0.4) is 0 Å². The number of hydrogen-bond acceptors (Lipinski definition) is 2. The minimum absolute atomic E-state index is 0.0273. The Kier molecular flexibility index (Phi) is 7.98. The van der Waals surface area contributed by atoms with Crippen molar-refractivity contribution in [2.45, 2.75) is 64.2 Å². The highest BCUT2D eigenvalue weighted by molar-refractivity contribution is 14.1. The third-order valence-corrected chi connectivity index (χ3v) is 12.3. The zero-order valence-electron chi connectivity index (χ0n) is 18.2. The molecule has 0 N–H and O–H groups in total. The second-order valence-electron chi connectivity index (χ2n) is 9.31. The number of rotatable bonds is 7. The lowest BCUT2D eigenvalue weighted by molar-refractivity contribution is -0.0742. The first-order chi connectivity index (χ1) is 13.9. The second kappa shape index (κ2) is 10.1. The Balaban J connectivity index is 1.88. The summed E-state index contributed by atoms with van der Waals surface area (Å²) in [4.78, 5) is 0. The summed E-state index contributed by atoms with van der Waals surface area (Å²) >= 11 is 2.45. The van der Waals surface area contributed by atoms with Crippen molar-refractivity contribution in [2.75, 3.05) is 11.0 Å². The number of halogens is 1. The van der Waals surface area contributed by atoms with E-state index in [-0.39, 0.29) is 5.04 Å². The average molecular weight is 523 g/mol. The Morgan fingerprint density at radius 3 is 2.00 bits per heavy atom. The van der Waals surface area contributed by atoms with Crippen molar-refractivity contribution in [2.24, 2.45) is 5.92 Å². The summed E-state index contributed by atoms with van der Waals surface area (Å²) in [5, 5.41) is 2.72. The number of alkyl halides is 1. The van der Waals surface area contributed by atoms with Crippen molar-refractivity contribution in [1.82, 2.24) is 0 Å². The van der Waals surface area contributed by atoms with Gasteiger partial charge in [-0.2, -0.15) is 0 Å². The van der Waals surface area contributed by atoms with Crippen LogP contribution < -0.4 is 10.4 Å². The van der Waals surface area contributed by atoms with Crippen LogP contribution in [0.1, 0.15) is 47.0 Å². The van der Waals surface area contributed by atoms with E-state index in [2.05, 4.69) is 111 Å². The molecule has 0 amide bonds. The van der Waals surface area contributed by atoms with E-state index in [9.17, 15) is 0 Å². The van der Waals surface area contributed by atoms with Gasteiger partial charge in [0.15, 0.2) is 0 Å². The van der Waals surface area contributed by atoms with Gasteiger partial charge in [0, 0.05) is 11.0 Å². The van der Waals surface area contributed by atoms with Crippen molar-refractivity contribution in [1.29, 1.82) is 0 Å². The molecule has 0 unspecified atom stereocenters. The zero-order chi connectivity index (χ0) is 20.9. The molecule has 3 atom stereocenters. The lowest BCUT2D eigenvalue weighted by Gasteiger charge is -2.43. The SMILES string of the molecule is C[C@@H]1CC[C@H](CI)O[C@H]1CCO[Si](c1ccccc1)(c1ccccc1)C(C)(C)C. The van der Waals surface area contributed by atoms with Crippen LogP contribution >= 0.6 is 22.6 Å². The average Bonchev–Trinajstić information content (AvgIpc) is 2.73. The Bertz CT molecular complexity index is 705. The molecule has 4 heteroatoms. The Morgan fingerprint density at radius 1 is 0.966 bits per heavy atom. The largest absolute Gasteiger partial charge is 0.407 e.